The molecule has 7 heteroatoms. The van der Waals surface area contributed by atoms with Crippen molar-refractivity contribution in [3.8, 4) is 0 Å². The number of hydrogen-bond acceptors (Lipinski definition) is 4. The second-order valence-corrected chi connectivity index (χ2v) is 27.4. The van der Waals surface area contributed by atoms with Crippen LogP contribution in [0.25, 0.3) is 0 Å². The average Bonchev–Trinajstić information content (AvgIpc) is 2.82. The standard InChI is InChI=1S/C29H58O4Si3/c1-24(2)16-18-27(32-35(8,9)10)25(3)15-14-21-29(4)28(33-36(11,12)13)19-17-26(23-30-29)20-22-31-34(5,6)7/h16,18,20,25,28H,14-15,17,19,21-23H2,1-13H3/t25?,28-,29?/m1/s1. The van der Waals surface area contributed by atoms with Gasteiger partial charge in [0.1, 0.15) is 0 Å². The molecule has 4 nitrogen and oxygen atoms in total. The Morgan fingerprint density at radius 3 is 2.17 bits per heavy atom. The molecule has 0 N–H and O–H groups in total. The molecule has 0 aromatic rings. The molecule has 0 spiro atoms. The van der Waals surface area contributed by atoms with Gasteiger partial charge in [-0.05, 0) is 123 Å². The van der Waals surface area contributed by atoms with Crippen LogP contribution >= 0.6 is 0 Å². The summed E-state index contributed by atoms with van der Waals surface area (Å²) in [6, 6.07) is 0. The lowest BCUT2D eigenvalue weighted by Gasteiger charge is -2.39. The zero-order valence-corrected chi connectivity index (χ0v) is 29.0. The van der Waals surface area contributed by atoms with E-state index in [-0.39, 0.29) is 11.7 Å². The van der Waals surface area contributed by atoms with Gasteiger partial charge in [-0.1, -0.05) is 24.6 Å². The Balaban J connectivity index is 2.94. The van der Waals surface area contributed by atoms with E-state index in [2.05, 4.69) is 105 Å². The van der Waals surface area contributed by atoms with E-state index in [4.69, 9.17) is 18.0 Å². The van der Waals surface area contributed by atoms with Gasteiger partial charge in [0.25, 0.3) is 0 Å². The third kappa shape index (κ3) is 14.5. The van der Waals surface area contributed by atoms with E-state index >= 15 is 0 Å². The van der Waals surface area contributed by atoms with E-state index in [0.717, 1.165) is 37.9 Å². The molecule has 3 atom stereocenters. The first kappa shape index (κ1) is 33.6. The highest BCUT2D eigenvalue weighted by Crippen LogP contribution is 2.36. The molecule has 1 aliphatic rings. The first-order valence-electron chi connectivity index (χ1n) is 14.0. The second kappa shape index (κ2) is 14.1. The fraction of sp³-hybridized carbons (Fsp3) is 0.793. The van der Waals surface area contributed by atoms with Gasteiger partial charge in [-0.3, -0.25) is 0 Å². The topological polar surface area (TPSA) is 36.9 Å². The van der Waals surface area contributed by atoms with Crippen molar-refractivity contribution in [1.29, 1.82) is 0 Å². The summed E-state index contributed by atoms with van der Waals surface area (Å²) in [5.41, 5.74) is 2.37. The molecule has 210 valence electrons. The maximum absolute atomic E-state index is 6.74. The van der Waals surface area contributed by atoms with Crippen LogP contribution in [0.15, 0.2) is 35.1 Å². The SMILES string of the molecule is CC(C)=CC=C(O[Si](C)(C)C)C(C)CCCC1(C)OCC(=CCO[Si](C)(C)C)CC[C@H]1O[Si](C)(C)C. The van der Waals surface area contributed by atoms with E-state index in [1.807, 2.05) is 0 Å². The monoisotopic (exact) mass is 554 g/mol. The highest BCUT2D eigenvalue weighted by Gasteiger charge is 2.40. The molecule has 0 radical (unpaired) electrons. The van der Waals surface area contributed by atoms with Crippen LogP contribution in [0.3, 0.4) is 0 Å². The highest BCUT2D eigenvalue weighted by atomic mass is 28.4. The fourth-order valence-corrected chi connectivity index (χ4v) is 7.04. The maximum Gasteiger partial charge on any atom is 0.241 e. The highest BCUT2D eigenvalue weighted by molar-refractivity contribution is 6.70. The molecule has 36 heavy (non-hydrogen) atoms. The summed E-state index contributed by atoms with van der Waals surface area (Å²) in [7, 11) is -4.89. The van der Waals surface area contributed by atoms with E-state index in [0.29, 0.717) is 19.1 Å². The van der Waals surface area contributed by atoms with Crippen LogP contribution in [0.4, 0.5) is 0 Å². The van der Waals surface area contributed by atoms with Gasteiger partial charge in [0.15, 0.2) is 16.6 Å². The summed E-state index contributed by atoms with van der Waals surface area (Å²) in [5, 5.41) is 0. The minimum absolute atomic E-state index is 0.127. The molecule has 1 saturated heterocycles. The van der Waals surface area contributed by atoms with Gasteiger partial charge in [-0.2, -0.15) is 0 Å². The summed E-state index contributed by atoms with van der Waals surface area (Å²) >= 11 is 0. The number of ether oxygens (including phenoxy) is 1. The summed E-state index contributed by atoms with van der Waals surface area (Å²) < 4.78 is 26.0. The van der Waals surface area contributed by atoms with Gasteiger partial charge in [0, 0.05) is 5.92 Å². The molecule has 1 aliphatic heterocycles. The summed E-state index contributed by atoms with van der Waals surface area (Å²) in [6.45, 7) is 30.6. The maximum atomic E-state index is 6.74. The number of allylic oxidation sites excluding steroid dienone is 4. The van der Waals surface area contributed by atoms with E-state index < -0.39 is 25.0 Å². The first-order chi connectivity index (χ1) is 16.3. The van der Waals surface area contributed by atoms with Crippen LogP contribution < -0.4 is 0 Å². The van der Waals surface area contributed by atoms with Crippen molar-refractivity contribution < 1.29 is 18.0 Å². The summed E-state index contributed by atoms with van der Waals surface area (Å²) in [6.07, 6.45) is 12.0. The van der Waals surface area contributed by atoms with Gasteiger partial charge in [0.2, 0.25) is 8.32 Å². The van der Waals surface area contributed by atoms with Crippen molar-refractivity contribution in [2.75, 3.05) is 13.2 Å². The Labute approximate surface area is 227 Å². The summed E-state index contributed by atoms with van der Waals surface area (Å²) in [5.74, 6) is 1.51. The van der Waals surface area contributed by atoms with Gasteiger partial charge in [0.05, 0.1) is 30.7 Å². The molecule has 0 amide bonds. The van der Waals surface area contributed by atoms with Gasteiger partial charge in [-0.25, -0.2) is 0 Å². The number of rotatable bonds is 13. The summed E-state index contributed by atoms with van der Waals surface area (Å²) in [4.78, 5) is 0. The lowest BCUT2D eigenvalue weighted by Crippen LogP contribution is -2.47. The molecule has 1 heterocycles. The lowest BCUT2D eigenvalue weighted by atomic mass is 9.88. The van der Waals surface area contributed by atoms with Crippen molar-refractivity contribution in [2.24, 2.45) is 5.92 Å². The predicted molar refractivity (Wildman–Crippen MR) is 164 cm³/mol. The van der Waals surface area contributed by atoms with Crippen molar-refractivity contribution in [3.63, 3.8) is 0 Å². The third-order valence-electron chi connectivity index (χ3n) is 6.18. The Morgan fingerprint density at radius 1 is 1.00 bits per heavy atom. The molecule has 1 fully saturated rings. The minimum atomic E-state index is -1.70. The van der Waals surface area contributed by atoms with Crippen LogP contribution in [0.1, 0.15) is 59.8 Å². The average molecular weight is 555 g/mol. The second-order valence-electron chi connectivity index (χ2n) is 14.0. The molecule has 0 aromatic carbocycles. The number of hydrogen-bond donors (Lipinski definition) is 0. The quantitative estimate of drug-likeness (QED) is 0.0984. The van der Waals surface area contributed by atoms with Gasteiger partial charge >= 0.3 is 0 Å². The van der Waals surface area contributed by atoms with E-state index in [1.165, 1.54) is 11.1 Å². The molecule has 0 aliphatic carbocycles. The Hall–Kier alpha value is -0.449. The van der Waals surface area contributed by atoms with Gasteiger partial charge in [-0.15, -0.1) is 0 Å². The molecular formula is C29H58O4Si3. The fourth-order valence-electron chi connectivity index (χ4n) is 4.26. The smallest absolute Gasteiger partial charge is 0.241 e. The zero-order chi connectivity index (χ0) is 27.8. The Kier molecular flexibility index (Phi) is 13.1. The van der Waals surface area contributed by atoms with Crippen LogP contribution in [0.2, 0.25) is 58.9 Å². The van der Waals surface area contributed by atoms with E-state index in [1.54, 1.807) is 0 Å². The van der Waals surface area contributed by atoms with Crippen molar-refractivity contribution in [1.82, 2.24) is 0 Å². The zero-order valence-electron chi connectivity index (χ0n) is 26.0. The minimum Gasteiger partial charge on any atom is -0.547 e. The van der Waals surface area contributed by atoms with Crippen molar-refractivity contribution in [3.05, 3.63) is 35.1 Å². The van der Waals surface area contributed by atoms with Crippen LogP contribution in [0, 0.1) is 5.92 Å². The van der Waals surface area contributed by atoms with E-state index in [9.17, 15) is 0 Å². The van der Waals surface area contributed by atoms with Crippen LogP contribution in [-0.4, -0.2) is 49.9 Å². The Morgan fingerprint density at radius 2 is 1.64 bits per heavy atom. The van der Waals surface area contributed by atoms with Crippen molar-refractivity contribution >= 4 is 25.0 Å². The van der Waals surface area contributed by atoms with Crippen molar-refractivity contribution in [2.45, 2.75) is 130 Å². The molecule has 0 saturated carbocycles. The first-order valence-corrected chi connectivity index (χ1v) is 24.2. The molecule has 2 unspecified atom stereocenters. The molecule has 1 rings (SSSR count). The molecule has 0 aromatic heterocycles. The van der Waals surface area contributed by atoms with Crippen LogP contribution in [0.5, 0.6) is 0 Å². The normalized spacial score (nSPS) is 24.4. The predicted octanol–water partition coefficient (Wildman–Crippen LogP) is 9.06. The van der Waals surface area contributed by atoms with Gasteiger partial charge < -0.3 is 18.0 Å². The largest absolute Gasteiger partial charge is 0.547 e. The van der Waals surface area contributed by atoms with Crippen LogP contribution in [-0.2, 0) is 18.0 Å². The molecule has 0 bridgehead atoms. The Bertz CT molecular complexity index is 765. The lowest BCUT2D eigenvalue weighted by molar-refractivity contribution is -0.0975. The molecular weight excluding hydrogens is 497 g/mol. The third-order valence-corrected chi connectivity index (χ3v) is 9.05.